The topological polar surface area (TPSA) is 50.9 Å². The van der Waals surface area contributed by atoms with Crippen LogP contribution in [-0.4, -0.2) is 19.6 Å². The molecule has 0 aliphatic heterocycles. The van der Waals surface area contributed by atoms with Gasteiger partial charge in [-0.15, -0.1) is 0 Å². The van der Waals surface area contributed by atoms with Gasteiger partial charge >= 0.3 is 0 Å². The zero-order chi connectivity index (χ0) is 56.9. The number of para-hydroxylation sites is 1. The normalized spacial score (nSPS) is 16.9. The third-order valence-corrected chi connectivity index (χ3v) is 11.2. The molecule has 2 heterocycles. The average molecular weight is 818 g/mol. The lowest BCUT2D eigenvalue weighted by molar-refractivity contribution is 0.466. The van der Waals surface area contributed by atoms with E-state index in [1.807, 2.05) is 80.8 Å². The van der Waals surface area contributed by atoms with Crippen LogP contribution in [0.15, 0.2) is 140 Å². The smallest absolute Gasteiger partial charge is 0.149 e. The van der Waals surface area contributed by atoms with Gasteiger partial charge in [-0.2, -0.15) is 0 Å². The highest BCUT2D eigenvalue weighted by Crippen LogP contribution is 2.45. The number of fused-ring (bicyclic) bond motifs is 1. The second-order valence-electron chi connectivity index (χ2n) is 17.3. The van der Waals surface area contributed by atoms with Crippen LogP contribution in [0.2, 0.25) is 0 Å². The highest BCUT2D eigenvalue weighted by atomic mass is 16.3. The van der Waals surface area contributed by atoms with E-state index >= 15 is 0 Å². The van der Waals surface area contributed by atoms with Gasteiger partial charge in [0.05, 0.1) is 33.5 Å². The van der Waals surface area contributed by atoms with Crippen LogP contribution in [0.4, 0.5) is 0 Å². The molecule has 0 fully saturated rings. The summed E-state index contributed by atoms with van der Waals surface area (Å²) in [5.41, 5.74) is 2.68. The summed E-state index contributed by atoms with van der Waals surface area (Å²) in [6, 6.07) is 29.1. The van der Waals surface area contributed by atoms with Crippen LogP contribution in [0.3, 0.4) is 0 Å². The van der Waals surface area contributed by atoms with Gasteiger partial charge in [-0.1, -0.05) is 159 Å². The number of phenols is 1. The summed E-state index contributed by atoms with van der Waals surface area (Å²) in [5.74, 6) is 0.133. The number of pyridine rings is 1. The quantitative estimate of drug-likeness (QED) is 0.166. The molecular formula is C57H59N3O. The third kappa shape index (κ3) is 8.16. The number of aromatic nitrogens is 3. The van der Waals surface area contributed by atoms with E-state index in [1.54, 1.807) is 42.5 Å². The molecule has 0 spiro atoms. The van der Waals surface area contributed by atoms with Gasteiger partial charge in [-0.25, -0.2) is 4.98 Å². The molecule has 0 aliphatic rings. The summed E-state index contributed by atoms with van der Waals surface area (Å²) >= 11 is 0. The highest BCUT2D eigenvalue weighted by Gasteiger charge is 2.27. The summed E-state index contributed by atoms with van der Waals surface area (Å²) in [7, 11) is 0. The van der Waals surface area contributed by atoms with E-state index in [4.69, 9.17) is 31.9 Å². The maximum absolute atomic E-state index is 12.4. The van der Waals surface area contributed by atoms with Gasteiger partial charge in [0.2, 0.25) is 0 Å². The van der Waals surface area contributed by atoms with Gasteiger partial charge in [-0.05, 0) is 123 Å². The molecule has 4 nitrogen and oxygen atoms in total. The van der Waals surface area contributed by atoms with Gasteiger partial charge in [0, 0.05) is 39.3 Å². The number of imidazole rings is 1. The zero-order valence-corrected chi connectivity index (χ0v) is 35.4. The predicted octanol–water partition coefficient (Wildman–Crippen LogP) is 15.6. The van der Waals surface area contributed by atoms with Crippen molar-refractivity contribution in [3.8, 4) is 67.5 Å². The van der Waals surface area contributed by atoms with E-state index < -0.39 is 73.5 Å². The van der Waals surface area contributed by atoms with Crippen molar-refractivity contribution in [1.82, 2.24) is 14.5 Å². The Kier molecular flexibility index (Phi) is 6.85. The second kappa shape index (κ2) is 16.0. The first-order chi connectivity index (χ1) is 35.6. The number of hydrogen-bond donors (Lipinski definition) is 1. The molecule has 2 aromatic heterocycles. The monoisotopic (exact) mass is 818 g/mol. The first kappa shape index (κ1) is 26.2. The van der Waals surface area contributed by atoms with Gasteiger partial charge in [0.1, 0.15) is 11.6 Å². The minimum absolute atomic E-state index is 0.00912. The number of aromatic hydroxyl groups is 1. The maximum Gasteiger partial charge on any atom is 0.149 e. The number of benzene rings is 6. The summed E-state index contributed by atoms with van der Waals surface area (Å²) in [6.45, 7) is 0.691. The molecule has 0 saturated carbocycles. The van der Waals surface area contributed by atoms with Crippen LogP contribution in [0.1, 0.15) is 131 Å². The Morgan fingerprint density at radius 2 is 1.38 bits per heavy atom. The Bertz CT molecular complexity index is 3520. The molecule has 4 heteroatoms. The summed E-state index contributed by atoms with van der Waals surface area (Å²) in [6.07, 6.45) is 1.49. The SMILES string of the molecule is [2H]c1c([2H])c(C([2H])([2H])[2H])c([2H])c([2H])c1-c1ccnc(-c2cc(-c3cccc4c3nc(-c3cc(C(C)C)cc(C(C)C)c3O)n4-c3ccc(C(C([2H])([2H])[2H])(C([2H])([2H])[2H])C([2H])([2H])[2H])cc3-c3ccccc3)cc(C(C)(C)C)c2)c1. The van der Waals surface area contributed by atoms with E-state index in [-0.39, 0.29) is 40.1 Å². The van der Waals surface area contributed by atoms with Crippen molar-refractivity contribution in [2.24, 2.45) is 0 Å². The van der Waals surface area contributed by atoms with Crippen molar-refractivity contribution < 1.29 is 27.0 Å². The van der Waals surface area contributed by atoms with Gasteiger partial charge < -0.3 is 5.11 Å². The van der Waals surface area contributed by atoms with Gasteiger partial charge in [0.25, 0.3) is 0 Å². The van der Waals surface area contributed by atoms with Crippen LogP contribution < -0.4 is 0 Å². The van der Waals surface area contributed by atoms with Crippen LogP contribution >= 0.6 is 0 Å². The lowest BCUT2D eigenvalue weighted by Gasteiger charge is -2.23. The van der Waals surface area contributed by atoms with Crippen molar-refractivity contribution in [2.45, 2.75) is 98.5 Å². The summed E-state index contributed by atoms with van der Waals surface area (Å²) in [4.78, 5) is 10.1. The molecule has 61 heavy (non-hydrogen) atoms. The zero-order valence-electron chi connectivity index (χ0n) is 51.4. The van der Waals surface area contributed by atoms with E-state index in [2.05, 4.69) is 20.8 Å². The maximum atomic E-state index is 12.4. The van der Waals surface area contributed by atoms with Crippen LogP contribution in [0, 0.1) is 6.85 Å². The molecule has 0 unspecified atom stereocenters. The van der Waals surface area contributed by atoms with E-state index in [0.29, 0.717) is 55.8 Å². The Hall–Kier alpha value is -6.26. The molecule has 0 amide bonds. The first-order valence-electron chi connectivity index (χ1n) is 28.4. The Morgan fingerprint density at radius 1 is 0.623 bits per heavy atom. The number of phenolic OH excluding ortho intramolecular Hbond substituents is 1. The fraction of sp³-hybridized carbons (Fsp3) is 0.263. The van der Waals surface area contributed by atoms with Crippen LogP contribution in [0.25, 0.3) is 72.7 Å². The summed E-state index contributed by atoms with van der Waals surface area (Å²) < 4.78 is 138. The van der Waals surface area contributed by atoms with Crippen LogP contribution in [-0.2, 0) is 10.8 Å². The molecule has 0 aliphatic carbocycles. The molecule has 0 radical (unpaired) electrons. The Balaban J connectivity index is 1.47. The van der Waals surface area contributed by atoms with Crippen molar-refractivity contribution >= 4 is 11.0 Å². The lowest BCUT2D eigenvalue weighted by atomic mass is 9.83. The van der Waals surface area contributed by atoms with Crippen molar-refractivity contribution in [1.29, 1.82) is 0 Å². The van der Waals surface area contributed by atoms with Gasteiger partial charge in [0.15, 0.2) is 0 Å². The van der Waals surface area contributed by atoms with E-state index in [9.17, 15) is 5.11 Å². The van der Waals surface area contributed by atoms with Crippen LogP contribution in [0.5, 0.6) is 5.75 Å². The van der Waals surface area contributed by atoms with Crippen molar-refractivity contribution in [2.75, 3.05) is 0 Å². The standard InChI is InChI=1S/C57H59N3O/c1-35(2)41-31-47(36(3)4)54(61)49(32-41)55-59-53-46(18-15-19-52(53)60(55)51-25-24-44(56(6,7)8)34-48(51)39-16-13-12-14-17-39)42-28-43(30-45(29-42)57(9,10)11)50-33-40(26-27-58-50)38-22-20-37(5)21-23-38/h12-36,61H,1-11H3/i5D3,6D3,7D3,8D3,20D,21D,22D,23D. The third-order valence-electron chi connectivity index (χ3n) is 11.2. The average Bonchev–Trinajstić information content (AvgIpc) is 3.71. The lowest BCUT2D eigenvalue weighted by Crippen LogP contribution is -2.12. The molecule has 8 aromatic rings. The number of rotatable bonds is 8. The minimum Gasteiger partial charge on any atom is -0.507 e. The van der Waals surface area contributed by atoms with E-state index in [0.717, 1.165) is 11.1 Å². The van der Waals surface area contributed by atoms with Gasteiger partial charge in [-0.3, -0.25) is 9.55 Å². The van der Waals surface area contributed by atoms with Crippen molar-refractivity contribution in [3.63, 3.8) is 0 Å². The molecular weight excluding hydrogens is 743 g/mol. The molecule has 1 N–H and O–H groups in total. The van der Waals surface area contributed by atoms with E-state index in [1.165, 1.54) is 24.4 Å². The molecule has 0 saturated heterocycles. The molecule has 0 atom stereocenters. The first-order valence-corrected chi connectivity index (χ1v) is 20.4. The largest absolute Gasteiger partial charge is 0.507 e. The van der Waals surface area contributed by atoms with Crippen molar-refractivity contribution in [3.05, 3.63) is 167 Å². The fourth-order valence-electron chi connectivity index (χ4n) is 7.76. The summed E-state index contributed by atoms with van der Waals surface area (Å²) in [5, 5.41) is 12.4. The molecule has 0 bridgehead atoms. The predicted molar refractivity (Wildman–Crippen MR) is 258 cm³/mol. The Morgan fingerprint density at radius 3 is 2.07 bits per heavy atom. The molecule has 308 valence electrons. The fourth-order valence-corrected chi connectivity index (χ4v) is 7.76. The minimum atomic E-state index is -3.53. The molecule has 6 aromatic carbocycles. The second-order valence-corrected chi connectivity index (χ2v) is 17.3. The Labute approximate surface area is 385 Å². The molecule has 8 rings (SSSR count). The number of hydrogen-bond acceptors (Lipinski definition) is 3. The highest BCUT2D eigenvalue weighted by molar-refractivity contribution is 5.98. The number of nitrogens with zero attached hydrogens (tertiary/aromatic N) is 3.